The maximum absolute atomic E-state index is 12.7. The summed E-state index contributed by atoms with van der Waals surface area (Å²) in [6, 6.07) is 6.40. The number of hydrogen-bond donors (Lipinski definition) is 2. The third kappa shape index (κ3) is 3.26. The zero-order valence-electron chi connectivity index (χ0n) is 17.0. The molecule has 1 aliphatic carbocycles. The van der Waals surface area contributed by atoms with E-state index >= 15 is 0 Å². The van der Waals surface area contributed by atoms with E-state index in [1.807, 2.05) is 6.07 Å². The number of anilines is 2. The van der Waals surface area contributed by atoms with Gasteiger partial charge in [0, 0.05) is 17.9 Å². The van der Waals surface area contributed by atoms with Crippen LogP contribution in [0.15, 0.2) is 41.2 Å². The molecule has 31 heavy (non-hydrogen) atoms. The van der Waals surface area contributed by atoms with Crippen LogP contribution < -0.4 is 15.5 Å². The normalized spacial score (nSPS) is 22.5. The summed E-state index contributed by atoms with van der Waals surface area (Å²) in [5.41, 5.74) is 1.86. The second kappa shape index (κ2) is 6.97. The number of furan rings is 1. The smallest absolute Gasteiger partial charge is 0.325 e. The third-order valence-electron chi connectivity index (χ3n) is 6.27. The van der Waals surface area contributed by atoms with Crippen LogP contribution >= 0.6 is 0 Å². The highest BCUT2D eigenvalue weighted by molar-refractivity contribution is 6.10. The van der Waals surface area contributed by atoms with E-state index in [0.29, 0.717) is 24.2 Å². The van der Waals surface area contributed by atoms with Crippen LogP contribution in [0, 0.1) is 5.92 Å². The van der Waals surface area contributed by atoms with E-state index in [1.165, 1.54) is 12.5 Å². The van der Waals surface area contributed by atoms with Gasteiger partial charge in [-0.2, -0.15) is 0 Å². The molecule has 1 saturated carbocycles. The predicted molar refractivity (Wildman–Crippen MR) is 111 cm³/mol. The van der Waals surface area contributed by atoms with Crippen LogP contribution in [-0.2, 0) is 16.0 Å². The second-order valence-electron chi connectivity index (χ2n) is 8.41. The number of benzene rings is 1. The van der Waals surface area contributed by atoms with E-state index in [2.05, 4.69) is 10.6 Å². The fourth-order valence-electron chi connectivity index (χ4n) is 4.37. The lowest BCUT2D eigenvalue weighted by molar-refractivity contribution is -0.134. The van der Waals surface area contributed by atoms with Crippen molar-refractivity contribution < 1.29 is 23.6 Å². The van der Waals surface area contributed by atoms with E-state index in [4.69, 9.17) is 4.42 Å². The Morgan fingerprint density at radius 1 is 1.26 bits per heavy atom. The maximum Gasteiger partial charge on any atom is 0.325 e. The van der Waals surface area contributed by atoms with Gasteiger partial charge in [-0.1, -0.05) is 0 Å². The lowest BCUT2D eigenvalue weighted by Crippen LogP contribution is -2.46. The summed E-state index contributed by atoms with van der Waals surface area (Å²) >= 11 is 0. The van der Waals surface area contributed by atoms with Crippen LogP contribution in [-0.4, -0.2) is 47.3 Å². The molecule has 0 spiro atoms. The number of urea groups is 1. The van der Waals surface area contributed by atoms with Crippen molar-refractivity contribution in [3.05, 3.63) is 47.9 Å². The Balaban J connectivity index is 1.25. The van der Waals surface area contributed by atoms with Gasteiger partial charge in [-0.25, -0.2) is 4.79 Å². The lowest BCUT2D eigenvalue weighted by atomic mass is 9.96. The highest BCUT2D eigenvalue weighted by atomic mass is 16.3. The van der Waals surface area contributed by atoms with Gasteiger partial charge in [0.2, 0.25) is 5.91 Å². The lowest BCUT2D eigenvalue weighted by Gasteiger charge is -2.20. The number of rotatable bonds is 5. The van der Waals surface area contributed by atoms with Crippen molar-refractivity contribution >= 4 is 35.1 Å². The van der Waals surface area contributed by atoms with Crippen molar-refractivity contribution in [2.45, 2.75) is 31.7 Å². The SMILES string of the molecule is CC1(C2CC2)NC(=O)N(CC(=O)Nc2ccc3c(c2)CCN3C(=O)c2ccoc2)C1=O. The summed E-state index contributed by atoms with van der Waals surface area (Å²) in [5, 5.41) is 5.49. The molecule has 1 saturated heterocycles. The van der Waals surface area contributed by atoms with Gasteiger partial charge < -0.3 is 20.0 Å². The van der Waals surface area contributed by atoms with E-state index < -0.39 is 17.5 Å². The summed E-state index contributed by atoms with van der Waals surface area (Å²) < 4.78 is 4.99. The van der Waals surface area contributed by atoms with E-state index in [1.54, 1.807) is 30.0 Å². The van der Waals surface area contributed by atoms with Crippen LogP contribution in [0.2, 0.25) is 0 Å². The Bertz CT molecular complexity index is 1090. The fourth-order valence-corrected chi connectivity index (χ4v) is 4.37. The molecule has 2 N–H and O–H groups in total. The van der Waals surface area contributed by atoms with Gasteiger partial charge in [0.25, 0.3) is 11.8 Å². The summed E-state index contributed by atoms with van der Waals surface area (Å²) in [4.78, 5) is 52.7. The standard InChI is InChI=1S/C22H22N4O5/c1-22(15-2-3-15)20(29)26(21(30)24-22)11-18(27)23-16-4-5-17-13(10-16)6-8-25(17)19(28)14-7-9-31-12-14/h4-5,7,9-10,12,15H,2-3,6,8,11H2,1H3,(H,23,27)(H,24,30). The molecular weight excluding hydrogens is 400 g/mol. The monoisotopic (exact) mass is 422 g/mol. The summed E-state index contributed by atoms with van der Waals surface area (Å²) in [5.74, 6) is -0.798. The van der Waals surface area contributed by atoms with Crippen molar-refractivity contribution in [2.24, 2.45) is 5.92 Å². The Morgan fingerprint density at radius 2 is 2.06 bits per heavy atom. The highest BCUT2D eigenvalue weighted by Crippen LogP contribution is 2.42. The Kier molecular flexibility index (Phi) is 4.35. The largest absolute Gasteiger partial charge is 0.472 e. The first-order valence-electron chi connectivity index (χ1n) is 10.3. The van der Waals surface area contributed by atoms with Crippen molar-refractivity contribution in [2.75, 3.05) is 23.3 Å². The van der Waals surface area contributed by atoms with Crippen molar-refractivity contribution in [3.8, 4) is 0 Å². The number of carbonyl (C=O) groups is 4. The summed E-state index contributed by atoms with van der Waals surface area (Å²) in [7, 11) is 0. The molecule has 3 heterocycles. The predicted octanol–water partition coefficient (Wildman–Crippen LogP) is 2.14. The zero-order chi connectivity index (χ0) is 21.8. The minimum atomic E-state index is -0.907. The van der Waals surface area contributed by atoms with Gasteiger partial charge in [0.1, 0.15) is 18.3 Å². The molecule has 9 heteroatoms. The molecular formula is C22H22N4O5. The average Bonchev–Trinajstić information content (AvgIpc) is 3.23. The molecule has 1 aromatic carbocycles. The molecule has 5 amide bonds. The first kappa shape index (κ1) is 19.3. The number of nitrogens with zero attached hydrogens (tertiary/aromatic N) is 2. The Labute approximate surface area is 178 Å². The van der Waals surface area contributed by atoms with Crippen LogP contribution in [0.25, 0.3) is 0 Å². The van der Waals surface area contributed by atoms with Crippen LogP contribution in [0.1, 0.15) is 35.7 Å². The summed E-state index contributed by atoms with van der Waals surface area (Å²) in [6.07, 6.45) is 5.34. The fraction of sp³-hybridized carbons (Fsp3) is 0.364. The van der Waals surface area contributed by atoms with E-state index in [-0.39, 0.29) is 24.3 Å². The summed E-state index contributed by atoms with van der Waals surface area (Å²) in [6.45, 7) is 1.92. The molecule has 1 aromatic heterocycles. The zero-order valence-corrected chi connectivity index (χ0v) is 17.0. The third-order valence-corrected chi connectivity index (χ3v) is 6.27. The molecule has 1 atom stereocenters. The van der Waals surface area contributed by atoms with E-state index in [9.17, 15) is 19.2 Å². The molecule has 2 aliphatic heterocycles. The van der Waals surface area contributed by atoms with Gasteiger partial charge >= 0.3 is 6.03 Å². The van der Waals surface area contributed by atoms with Gasteiger partial charge in [-0.05, 0) is 61.9 Å². The minimum Gasteiger partial charge on any atom is -0.472 e. The molecule has 2 aromatic rings. The Hall–Kier alpha value is -3.62. The minimum absolute atomic E-state index is 0.137. The van der Waals surface area contributed by atoms with E-state index in [0.717, 1.165) is 29.0 Å². The van der Waals surface area contributed by atoms with Crippen LogP contribution in [0.3, 0.4) is 0 Å². The molecule has 5 rings (SSSR count). The molecule has 2 fully saturated rings. The molecule has 1 unspecified atom stereocenters. The second-order valence-corrected chi connectivity index (χ2v) is 8.41. The van der Waals surface area contributed by atoms with Gasteiger partial charge in [0.15, 0.2) is 0 Å². The quantitative estimate of drug-likeness (QED) is 0.717. The molecule has 160 valence electrons. The number of imide groups is 1. The number of amides is 5. The van der Waals surface area contributed by atoms with Crippen LogP contribution in [0.5, 0.6) is 0 Å². The topological polar surface area (TPSA) is 112 Å². The van der Waals surface area contributed by atoms with Gasteiger partial charge in [-0.15, -0.1) is 0 Å². The number of carbonyl (C=O) groups excluding carboxylic acids is 4. The average molecular weight is 422 g/mol. The first-order valence-corrected chi connectivity index (χ1v) is 10.3. The van der Waals surface area contributed by atoms with Crippen molar-refractivity contribution in [1.82, 2.24) is 10.2 Å². The van der Waals surface area contributed by atoms with Gasteiger partial charge in [-0.3, -0.25) is 19.3 Å². The molecule has 0 bridgehead atoms. The maximum atomic E-state index is 12.7. The van der Waals surface area contributed by atoms with Gasteiger partial charge in [0.05, 0.1) is 11.8 Å². The molecule has 9 nitrogen and oxygen atoms in total. The van der Waals surface area contributed by atoms with Crippen LogP contribution in [0.4, 0.5) is 16.2 Å². The Morgan fingerprint density at radius 3 is 2.77 bits per heavy atom. The first-order chi connectivity index (χ1) is 14.9. The van der Waals surface area contributed by atoms with Crippen molar-refractivity contribution in [1.29, 1.82) is 0 Å². The van der Waals surface area contributed by atoms with Crippen molar-refractivity contribution in [3.63, 3.8) is 0 Å². The molecule has 3 aliphatic rings. The number of nitrogens with one attached hydrogen (secondary N) is 2. The highest BCUT2D eigenvalue weighted by Gasteiger charge is 2.56. The number of hydrogen-bond acceptors (Lipinski definition) is 5. The number of fused-ring (bicyclic) bond motifs is 1. The molecule has 0 radical (unpaired) electrons.